The van der Waals surface area contributed by atoms with Crippen molar-refractivity contribution in [3.8, 4) is 0 Å². The molecule has 2 fully saturated rings. The normalized spacial score (nSPS) is 28.6. The summed E-state index contributed by atoms with van der Waals surface area (Å²) in [6.07, 6.45) is 5.57. The maximum absolute atomic E-state index is 12.4. The number of halogens is 1. The minimum atomic E-state index is 0.166. The van der Waals surface area contributed by atoms with Crippen molar-refractivity contribution in [2.75, 3.05) is 13.6 Å². The van der Waals surface area contributed by atoms with Crippen molar-refractivity contribution in [1.82, 2.24) is 4.90 Å². The van der Waals surface area contributed by atoms with Gasteiger partial charge in [-0.3, -0.25) is 4.79 Å². The Bertz CT molecular complexity index is 470. The third-order valence-corrected chi connectivity index (χ3v) is 5.55. The van der Waals surface area contributed by atoms with Gasteiger partial charge in [-0.05, 0) is 83.9 Å². The molecule has 0 saturated heterocycles. The molecule has 3 unspecified atom stereocenters. The predicted molar refractivity (Wildman–Crippen MR) is 85.1 cm³/mol. The minimum absolute atomic E-state index is 0.166. The van der Waals surface area contributed by atoms with Crippen LogP contribution in [0.15, 0.2) is 24.3 Å². The molecule has 2 nitrogen and oxygen atoms in total. The third kappa shape index (κ3) is 2.81. The number of fused-ring (bicyclic) bond motifs is 2. The topological polar surface area (TPSA) is 20.3 Å². The number of hydrogen-bond donors (Lipinski definition) is 0. The Labute approximate surface area is 128 Å². The average molecular weight is 369 g/mol. The molecular formula is C16H20INO. The van der Waals surface area contributed by atoms with Gasteiger partial charge in [-0.25, -0.2) is 0 Å². The Morgan fingerprint density at radius 1 is 1.26 bits per heavy atom. The van der Waals surface area contributed by atoms with E-state index in [1.807, 2.05) is 36.2 Å². The zero-order chi connectivity index (χ0) is 13.4. The van der Waals surface area contributed by atoms with Crippen LogP contribution in [0.4, 0.5) is 0 Å². The van der Waals surface area contributed by atoms with Crippen LogP contribution in [-0.4, -0.2) is 24.4 Å². The SMILES string of the molecule is CN(CC1CC2CCC1C2)C(=O)c1ccc(I)cc1. The molecule has 1 aromatic rings. The van der Waals surface area contributed by atoms with Gasteiger partial charge < -0.3 is 4.90 Å². The molecule has 0 aromatic heterocycles. The maximum Gasteiger partial charge on any atom is 0.253 e. The van der Waals surface area contributed by atoms with Gasteiger partial charge in [-0.2, -0.15) is 0 Å². The van der Waals surface area contributed by atoms with Crippen LogP contribution in [0.5, 0.6) is 0 Å². The van der Waals surface area contributed by atoms with Crippen LogP contribution in [0.2, 0.25) is 0 Å². The van der Waals surface area contributed by atoms with Gasteiger partial charge in [0.1, 0.15) is 0 Å². The van der Waals surface area contributed by atoms with Crippen LogP contribution in [0, 0.1) is 21.3 Å². The van der Waals surface area contributed by atoms with E-state index in [1.165, 1.54) is 29.3 Å². The molecule has 2 aliphatic carbocycles. The van der Waals surface area contributed by atoms with Crippen LogP contribution in [0.25, 0.3) is 0 Å². The van der Waals surface area contributed by atoms with Gasteiger partial charge in [0.15, 0.2) is 0 Å². The second kappa shape index (κ2) is 5.43. The van der Waals surface area contributed by atoms with Crippen molar-refractivity contribution < 1.29 is 4.79 Å². The molecule has 1 aromatic carbocycles. The zero-order valence-corrected chi connectivity index (χ0v) is 13.5. The summed E-state index contributed by atoms with van der Waals surface area (Å²) in [7, 11) is 1.95. The van der Waals surface area contributed by atoms with Crippen molar-refractivity contribution in [2.45, 2.75) is 25.7 Å². The molecule has 3 rings (SSSR count). The van der Waals surface area contributed by atoms with E-state index in [0.717, 1.165) is 29.9 Å². The number of rotatable bonds is 3. The smallest absolute Gasteiger partial charge is 0.253 e. The second-order valence-electron chi connectivity index (χ2n) is 6.13. The molecule has 3 heteroatoms. The molecule has 0 aliphatic heterocycles. The van der Waals surface area contributed by atoms with Gasteiger partial charge >= 0.3 is 0 Å². The van der Waals surface area contributed by atoms with Gasteiger partial charge in [-0.1, -0.05) is 6.42 Å². The van der Waals surface area contributed by atoms with Crippen molar-refractivity contribution in [3.63, 3.8) is 0 Å². The standard InChI is InChI=1S/C16H20INO/c1-18(10-14-9-11-2-3-13(14)8-11)16(19)12-4-6-15(17)7-5-12/h4-7,11,13-14H,2-3,8-10H2,1H3. The fraction of sp³-hybridized carbons (Fsp3) is 0.562. The first-order chi connectivity index (χ1) is 9.13. The average Bonchev–Trinajstić information content (AvgIpc) is 3.01. The second-order valence-corrected chi connectivity index (χ2v) is 7.37. The maximum atomic E-state index is 12.4. The highest BCUT2D eigenvalue weighted by molar-refractivity contribution is 14.1. The quantitative estimate of drug-likeness (QED) is 0.743. The van der Waals surface area contributed by atoms with E-state index in [2.05, 4.69) is 22.6 Å². The van der Waals surface area contributed by atoms with Crippen LogP contribution in [0.1, 0.15) is 36.0 Å². The lowest BCUT2D eigenvalue weighted by Crippen LogP contribution is -2.33. The Morgan fingerprint density at radius 2 is 2.00 bits per heavy atom. The highest BCUT2D eigenvalue weighted by Crippen LogP contribution is 2.48. The summed E-state index contributed by atoms with van der Waals surface area (Å²) in [5.41, 5.74) is 0.811. The fourth-order valence-electron chi connectivity index (χ4n) is 3.85. The summed E-state index contributed by atoms with van der Waals surface area (Å²) < 4.78 is 1.17. The predicted octanol–water partition coefficient (Wildman–Crippen LogP) is 3.80. The van der Waals surface area contributed by atoms with E-state index >= 15 is 0 Å². The molecule has 19 heavy (non-hydrogen) atoms. The number of carbonyl (C=O) groups is 1. The monoisotopic (exact) mass is 369 g/mol. The molecule has 2 saturated carbocycles. The molecule has 0 heterocycles. The number of amides is 1. The minimum Gasteiger partial charge on any atom is -0.341 e. The van der Waals surface area contributed by atoms with Gasteiger partial charge in [0.25, 0.3) is 5.91 Å². The Morgan fingerprint density at radius 3 is 2.58 bits per heavy atom. The van der Waals surface area contributed by atoms with Crippen LogP contribution in [-0.2, 0) is 0 Å². The van der Waals surface area contributed by atoms with E-state index in [-0.39, 0.29) is 5.91 Å². The third-order valence-electron chi connectivity index (χ3n) is 4.83. The molecular weight excluding hydrogens is 349 g/mol. The van der Waals surface area contributed by atoms with Gasteiger partial charge in [0.2, 0.25) is 0 Å². The van der Waals surface area contributed by atoms with E-state index in [4.69, 9.17) is 0 Å². The zero-order valence-electron chi connectivity index (χ0n) is 11.3. The lowest BCUT2D eigenvalue weighted by Gasteiger charge is -2.27. The molecule has 2 aliphatic rings. The Balaban J connectivity index is 1.62. The van der Waals surface area contributed by atoms with Gasteiger partial charge in [0, 0.05) is 22.7 Å². The van der Waals surface area contributed by atoms with E-state index < -0.39 is 0 Å². The van der Waals surface area contributed by atoms with Crippen LogP contribution in [0.3, 0.4) is 0 Å². The molecule has 1 amide bonds. The number of hydrogen-bond acceptors (Lipinski definition) is 1. The molecule has 0 radical (unpaired) electrons. The largest absolute Gasteiger partial charge is 0.341 e. The summed E-state index contributed by atoms with van der Waals surface area (Å²) in [5.74, 6) is 2.75. The summed E-state index contributed by atoms with van der Waals surface area (Å²) >= 11 is 2.26. The summed E-state index contributed by atoms with van der Waals surface area (Å²) in [6, 6.07) is 7.86. The first-order valence-corrected chi connectivity index (χ1v) is 8.22. The van der Waals surface area contributed by atoms with E-state index in [0.29, 0.717) is 0 Å². The first kappa shape index (κ1) is 13.4. The van der Waals surface area contributed by atoms with Crippen LogP contribution < -0.4 is 0 Å². The number of carbonyl (C=O) groups excluding carboxylic acids is 1. The number of nitrogens with zero attached hydrogens (tertiary/aromatic N) is 1. The Hall–Kier alpha value is -0.580. The fourth-order valence-corrected chi connectivity index (χ4v) is 4.21. The first-order valence-electron chi connectivity index (χ1n) is 7.14. The lowest BCUT2D eigenvalue weighted by molar-refractivity contribution is 0.0754. The van der Waals surface area contributed by atoms with Gasteiger partial charge in [0.05, 0.1) is 0 Å². The summed E-state index contributed by atoms with van der Waals surface area (Å²) in [4.78, 5) is 14.3. The molecule has 3 atom stereocenters. The van der Waals surface area contributed by atoms with Crippen molar-refractivity contribution in [3.05, 3.63) is 33.4 Å². The van der Waals surface area contributed by atoms with Gasteiger partial charge in [-0.15, -0.1) is 0 Å². The molecule has 0 N–H and O–H groups in total. The molecule has 0 spiro atoms. The molecule has 102 valence electrons. The molecule has 2 bridgehead atoms. The van der Waals surface area contributed by atoms with Crippen LogP contribution >= 0.6 is 22.6 Å². The van der Waals surface area contributed by atoms with E-state index in [1.54, 1.807) is 0 Å². The highest BCUT2D eigenvalue weighted by Gasteiger charge is 2.40. The van der Waals surface area contributed by atoms with E-state index in [9.17, 15) is 4.79 Å². The number of benzene rings is 1. The Kier molecular flexibility index (Phi) is 3.83. The summed E-state index contributed by atoms with van der Waals surface area (Å²) in [6.45, 7) is 0.936. The summed E-state index contributed by atoms with van der Waals surface area (Å²) in [5, 5.41) is 0. The van der Waals surface area contributed by atoms with Crippen molar-refractivity contribution >= 4 is 28.5 Å². The van der Waals surface area contributed by atoms with Crippen molar-refractivity contribution in [1.29, 1.82) is 0 Å². The van der Waals surface area contributed by atoms with Crippen molar-refractivity contribution in [2.24, 2.45) is 17.8 Å². The highest BCUT2D eigenvalue weighted by atomic mass is 127. The lowest BCUT2D eigenvalue weighted by atomic mass is 9.88.